The number of carbonyl (C=O) groups is 2. The maximum absolute atomic E-state index is 13.3. The fraction of sp³-hybridized carbons (Fsp3) is 0.600. The van der Waals surface area contributed by atoms with Gasteiger partial charge in [-0.2, -0.15) is 8.78 Å². The predicted molar refractivity (Wildman–Crippen MR) is 81.2 cm³/mol. The number of nitrogens with zero attached hydrogens (tertiary/aromatic N) is 2. The number of hydrogen-bond donors (Lipinski definition) is 2. The molecule has 0 radical (unpaired) electrons. The summed E-state index contributed by atoms with van der Waals surface area (Å²) in [6.45, 7) is 3.88. The second-order valence-corrected chi connectivity index (χ2v) is 5.98. The van der Waals surface area contributed by atoms with Crippen molar-refractivity contribution in [1.82, 2.24) is 20.8 Å². The van der Waals surface area contributed by atoms with Gasteiger partial charge in [0.2, 0.25) is 17.7 Å². The lowest BCUT2D eigenvalue weighted by molar-refractivity contribution is -0.145. The second kappa shape index (κ2) is 7.50. The quantitative estimate of drug-likeness (QED) is 0.793. The van der Waals surface area contributed by atoms with Crippen LogP contribution in [-0.4, -0.2) is 40.5 Å². The fourth-order valence-corrected chi connectivity index (χ4v) is 2.18. The Morgan fingerprint density at radius 1 is 1.50 bits per heavy atom. The van der Waals surface area contributed by atoms with Crippen molar-refractivity contribution in [3.63, 3.8) is 0 Å². The molecule has 0 spiro atoms. The number of amides is 2. The molecular formula is C15H20F2N4O3. The molecular weight excluding hydrogens is 322 g/mol. The normalized spacial score (nSPS) is 20.9. The standard InChI is InChI=1S/C15H20F2N4O3/c1-9(2)13-21-20-12(24-13)6-5-11(22)18-8-10-4-3-7-15(16,17)14(23)19-10/h5-6,9-10H,3-4,7-8H2,1-2H3,(H,18,22)(H,19,23)/b6-5+. The summed E-state index contributed by atoms with van der Waals surface area (Å²) in [7, 11) is 0. The highest BCUT2D eigenvalue weighted by molar-refractivity contribution is 5.91. The number of hydrogen-bond acceptors (Lipinski definition) is 5. The minimum absolute atomic E-state index is 0.0755. The summed E-state index contributed by atoms with van der Waals surface area (Å²) in [6.07, 6.45) is 2.70. The van der Waals surface area contributed by atoms with Crippen molar-refractivity contribution in [3.05, 3.63) is 17.9 Å². The van der Waals surface area contributed by atoms with E-state index >= 15 is 0 Å². The maximum atomic E-state index is 13.3. The average molecular weight is 342 g/mol. The molecule has 9 heteroatoms. The van der Waals surface area contributed by atoms with E-state index in [2.05, 4.69) is 20.8 Å². The van der Waals surface area contributed by atoms with E-state index in [1.807, 2.05) is 13.8 Å². The van der Waals surface area contributed by atoms with Crippen LogP contribution < -0.4 is 10.6 Å². The summed E-state index contributed by atoms with van der Waals surface area (Å²) in [5.41, 5.74) is 0. The lowest BCUT2D eigenvalue weighted by Gasteiger charge is -2.17. The van der Waals surface area contributed by atoms with Crippen LogP contribution in [0.3, 0.4) is 0 Å². The molecule has 0 saturated carbocycles. The first-order chi connectivity index (χ1) is 11.3. The molecule has 1 aliphatic rings. The zero-order valence-corrected chi connectivity index (χ0v) is 13.5. The summed E-state index contributed by atoms with van der Waals surface area (Å²) in [5, 5.41) is 12.4. The third kappa shape index (κ3) is 4.84. The van der Waals surface area contributed by atoms with Gasteiger partial charge in [-0.3, -0.25) is 9.59 Å². The summed E-state index contributed by atoms with van der Waals surface area (Å²) in [5.74, 6) is -4.31. The molecule has 1 fully saturated rings. The number of carbonyl (C=O) groups excluding carboxylic acids is 2. The Bertz CT molecular complexity index is 628. The van der Waals surface area contributed by atoms with E-state index in [4.69, 9.17) is 4.42 Å². The molecule has 1 aliphatic heterocycles. The van der Waals surface area contributed by atoms with E-state index < -0.39 is 30.2 Å². The Hall–Kier alpha value is -2.32. The molecule has 0 bridgehead atoms. The van der Waals surface area contributed by atoms with Gasteiger partial charge in [0.1, 0.15) is 0 Å². The lowest BCUT2D eigenvalue weighted by Crippen LogP contribution is -2.47. The van der Waals surface area contributed by atoms with Gasteiger partial charge >= 0.3 is 5.92 Å². The smallest absolute Gasteiger partial charge is 0.324 e. The molecule has 2 N–H and O–H groups in total. The van der Waals surface area contributed by atoms with Crippen LogP contribution in [0, 0.1) is 0 Å². The van der Waals surface area contributed by atoms with E-state index in [1.54, 1.807) is 0 Å². The zero-order chi connectivity index (χ0) is 17.7. The van der Waals surface area contributed by atoms with Gasteiger partial charge in [0.05, 0.1) is 0 Å². The van der Waals surface area contributed by atoms with Crippen LogP contribution in [0.2, 0.25) is 0 Å². The van der Waals surface area contributed by atoms with Gasteiger partial charge in [0.15, 0.2) is 0 Å². The first-order valence-electron chi connectivity index (χ1n) is 7.76. The average Bonchev–Trinajstić information content (AvgIpc) is 2.94. The van der Waals surface area contributed by atoms with Crippen molar-refractivity contribution in [2.24, 2.45) is 0 Å². The van der Waals surface area contributed by atoms with Gasteiger partial charge in [-0.1, -0.05) is 13.8 Å². The van der Waals surface area contributed by atoms with Gasteiger partial charge in [-0.25, -0.2) is 0 Å². The van der Waals surface area contributed by atoms with Crippen molar-refractivity contribution < 1.29 is 22.8 Å². The van der Waals surface area contributed by atoms with E-state index in [9.17, 15) is 18.4 Å². The van der Waals surface area contributed by atoms with Gasteiger partial charge in [0.25, 0.3) is 5.91 Å². The molecule has 1 saturated heterocycles. The van der Waals surface area contributed by atoms with Crippen LogP contribution in [0.15, 0.2) is 10.5 Å². The zero-order valence-electron chi connectivity index (χ0n) is 13.5. The molecule has 0 aliphatic carbocycles. The third-order valence-electron chi connectivity index (χ3n) is 3.56. The van der Waals surface area contributed by atoms with Gasteiger partial charge in [-0.05, 0) is 12.8 Å². The molecule has 0 aromatic carbocycles. The van der Waals surface area contributed by atoms with E-state index in [0.717, 1.165) is 0 Å². The van der Waals surface area contributed by atoms with Crippen LogP contribution in [0.4, 0.5) is 8.78 Å². The minimum Gasteiger partial charge on any atom is -0.421 e. The van der Waals surface area contributed by atoms with E-state index in [1.165, 1.54) is 12.2 Å². The summed E-state index contributed by atoms with van der Waals surface area (Å²) < 4.78 is 31.8. The minimum atomic E-state index is -3.34. The monoisotopic (exact) mass is 342 g/mol. The topological polar surface area (TPSA) is 97.1 Å². The van der Waals surface area contributed by atoms with Crippen molar-refractivity contribution >= 4 is 17.9 Å². The highest BCUT2D eigenvalue weighted by Crippen LogP contribution is 2.25. The van der Waals surface area contributed by atoms with E-state index in [0.29, 0.717) is 12.3 Å². The molecule has 1 unspecified atom stereocenters. The molecule has 24 heavy (non-hydrogen) atoms. The fourth-order valence-electron chi connectivity index (χ4n) is 2.18. The highest BCUT2D eigenvalue weighted by atomic mass is 19.3. The van der Waals surface area contributed by atoms with Crippen LogP contribution in [-0.2, 0) is 9.59 Å². The molecule has 132 valence electrons. The molecule has 2 rings (SSSR count). The number of halogens is 2. The largest absolute Gasteiger partial charge is 0.421 e. The summed E-state index contributed by atoms with van der Waals surface area (Å²) in [4.78, 5) is 23.1. The Morgan fingerprint density at radius 2 is 2.25 bits per heavy atom. The lowest BCUT2D eigenvalue weighted by atomic mass is 10.1. The number of rotatable bonds is 5. The number of nitrogens with one attached hydrogen (secondary N) is 2. The Kier molecular flexibility index (Phi) is 5.63. The predicted octanol–water partition coefficient (Wildman–Crippen LogP) is 1.63. The molecule has 1 atom stereocenters. The first-order valence-corrected chi connectivity index (χ1v) is 7.76. The first kappa shape index (κ1) is 18.0. The van der Waals surface area contributed by atoms with Gasteiger partial charge < -0.3 is 15.1 Å². The SMILES string of the molecule is CC(C)c1nnc(/C=C/C(=O)NCC2CCCC(F)(F)C(=O)N2)o1. The highest BCUT2D eigenvalue weighted by Gasteiger charge is 2.41. The Morgan fingerprint density at radius 3 is 2.92 bits per heavy atom. The Labute approximate surface area is 137 Å². The molecule has 1 aromatic rings. The second-order valence-electron chi connectivity index (χ2n) is 5.98. The summed E-state index contributed by atoms with van der Waals surface area (Å²) >= 11 is 0. The van der Waals surface area contributed by atoms with Crippen LogP contribution in [0.1, 0.15) is 50.8 Å². The molecule has 7 nitrogen and oxygen atoms in total. The van der Waals surface area contributed by atoms with Gasteiger partial charge in [-0.15, -0.1) is 10.2 Å². The van der Waals surface area contributed by atoms with Crippen LogP contribution >= 0.6 is 0 Å². The van der Waals surface area contributed by atoms with Crippen molar-refractivity contribution in [3.8, 4) is 0 Å². The number of aromatic nitrogens is 2. The maximum Gasteiger partial charge on any atom is 0.324 e. The van der Waals surface area contributed by atoms with Crippen LogP contribution in [0.5, 0.6) is 0 Å². The van der Waals surface area contributed by atoms with E-state index in [-0.39, 0.29) is 24.8 Å². The van der Waals surface area contributed by atoms with Gasteiger partial charge in [0, 0.05) is 37.1 Å². The Balaban J connectivity index is 1.82. The van der Waals surface area contributed by atoms with Crippen molar-refractivity contribution in [2.45, 2.75) is 51.0 Å². The molecule has 2 heterocycles. The molecule has 2 amide bonds. The van der Waals surface area contributed by atoms with Crippen LogP contribution in [0.25, 0.3) is 6.08 Å². The molecule has 1 aromatic heterocycles. The third-order valence-corrected chi connectivity index (χ3v) is 3.56. The van der Waals surface area contributed by atoms with Crippen molar-refractivity contribution in [1.29, 1.82) is 0 Å². The van der Waals surface area contributed by atoms with Crippen molar-refractivity contribution in [2.75, 3.05) is 6.54 Å². The summed E-state index contributed by atoms with van der Waals surface area (Å²) in [6, 6.07) is -0.515. The number of alkyl halides is 2.